The summed E-state index contributed by atoms with van der Waals surface area (Å²) in [5.74, 6) is -1.57. The van der Waals surface area contributed by atoms with Crippen molar-refractivity contribution in [2.24, 2.45) is 5.92 Å². The molecule has 2 rings (SSSR count). The molecule has 1 aliphatic heterocycles. The fourth-order valence-electron chi connectivity index (χ4n) is 3.26. The molecule has 1 unspecified atom stereocenters. The normalized spacial score (nSPS) is 18.7. The molecule has 1 N–H and O–H groups in total. The number of amides is 1. The van der Waals surface area contributed by atoms with E-state index in [-0.39, 0.29) is 18.9 Å². The van der Waals surface area contributed by atoms with E-state index < -0.39 is 11.9 Å². The minimum absolute atomic E-state index is 0.0884. The second-order valence-corrected chi connectivity index (χ2v) is 5.56. The maximum atomic E-state index is 12.1. The molecule has 1 amide bonds. The molecule has 4 nitrogen and oxygen atoms in total. The van der Waals surface area contributed by atoms with Crippen molar-refractivity contribution in [1.29, 1.82) is 0 Å². The van der Waals surface area contributed by atoms with Gasteiger partial charge < -0.3 is 10.0 Å². The average Bonchev–Trinajstić information content (AvgIpc) is 2.72. The lowest BCUT2D eigenvalue weighted by Crippen LogP contribution is -2.27. The van der Waals surface area contributed by atoms with Crippen LogP contribution in [0, 0.1) is 26.7 Å². The fourth-order valence-corrected chi connectivity index (χ4v) is 3.26. The first kappa shape index (κ1) is 14.6. The van der Waals surface area contributed by atoms with Gasteiger partial charge >= 0.3 is 5.97 Å². The predicted molar refractivity (Wildman–Crippen MR) is 78.1 cm³/mol. The van der Waals surface area contributed by atoms with Gasteiger partial charge in [-0.3, -0.25) is 9.59 Å². The Morgan fingerprint density at radius 1 is 1.35 bits per heavy atom. The Morgan fingerprint density at radius 2 is 2.00 bits per heavy atom. The van der Waals surface area contributed by atoms with E-state index in [1.54, 1.807) is 4.90 Å². The topological polar surface area (TPSA) is 57.6 Å². The number of nitrogens with zero attached hydrogens (tertiary/aromatic N) is 1. The first-order chi connectivity index (χ1) is 9.36. The van der Waals surface area contributed by atoms with E-state index in [9.17, 15) is 9.59 Å². The maximum Gasteiger partial charge on any atom is 0.308 e. The summed E-state index contributed by atoms with van der Waals surface area (Å²) in [6.45, 7) is 8.46. The van der Waals surface area contributed by atoms with E-state index in [0.29, 0.717) is 0 Å². The van der Waals surface area contributed by atoms with Gasteiger partial charge in [-0.05, 0) is 49.4 Å². The molecule has 0 aromatic heterocycles. The van der Waals surface area contributed by atoms with Crippen LogP contribution in [0.25, 0.3) is 0 Å². The molecule has 1 aliphatic rings. The van der Waals surface area contributed by atoms with Gasteiger partial charge in [-0.2, -0.15) is 0 Å². The molecule has 1 heterocycles. The van der Waals surface area contributed by atoms with Gasteiger partial charge in [0, 0.05) is 18.7 Å². The van der Waals surface area contributed by atoms with Crippen molar-refractivity contribution in [3.8, 4) is 0 Å². The number of benzene rings is 1. The van der Waals surface area contributed by atoms with Crippen LogP contribution in [-0.2, 0) is 16.0 Å². The van der Waals surface area contributed by atoms with Crippen molar-refractivity contribution in [2.75, 3.05) is 11.4 Å². The zero-order valence-electron chi connectivity index (χ0n) is 12.5. The number of carboxylic acid groups (broad SMARTS) is 1. The lowest BCUT2D eigenvalue weighted by molar-refractivity contribution is -0.141. The number of rotatable bonds is 3. The third-order valence-corrected chi connectivity index (χ3v) is 4.19. The van der Waals surface area contributed by atoms with E-state index in [0.717, 1.165) is 23.2 Å². The molecule has 108 valence electrons. The molecule has 1 saturated heterocycles. The highest BCUT2D eigenvalue weighted by molar-refractivity contribution is 6.00. The quantitative estimate of drug-likeness (QED) is 0.922. The molecule has 1 aromatic rings. The average molecular weight is 275 g/mol. The minimum atomic E-state index is -0.890. The van der Waals surface area contributed by atoms with Crippen molar-refractivity contribution in [3.63, 3.8) is 0 Å². The van der Waals surface area contributed by atoms with Gasteiger partial charge in [0.1, 0.15) is 0 Å². The summed E-state index contributed by atoms with van der Waals surface area (Å²) in [6.07, 6.45) is 1.01. The predicted octanol–water partition coefficient (Wildman–Crippen LogP) is 2.61. The molecule has 1 aromatic carbocycles. The smallest absolute Gasteiger partial charge is 0.308 e. The Balaban J connectivity index is 2.48. The van der Waals surface area contributed by atoms with Crippen molar-refractivity contribution >= 4 is 17.6 Å². The van der Waals surface area contributed by atoms with E-state index in [1.165, 1.54) is 11.1 Å². The van der Waals surface area contributed by atoms with Crippen LogP contribution < -0.4 is 4.90 Å². The zero-order valence-corrected chi connectivity index (χ0v) is 12.5. The van der Waals surface area contributed by atoms with Gasteiger partial charge in [-0.25, -0.2) is 0 Å². The molecular formula is C16H21NO3. The second-order valence-electron chi connectivity index (χ2n) is 5.56. The van der Waals surface area contributed by atoms with Crippen LogP contribution in [0.1, 0.15) is 35.6 Å². The van der Waals surface area contributed by atoms with Crippen molar-refractivity contribution in [2.45, 2.75) is 40.5 Å². The molecule has 0 saturated carbocycles. The molecule has 20 heavy (non-hydrogen) atoms. The molecule has 0 aliphatic carbocycles. The highest BCUT2D eigenvalue weighted by Gasteiger charge is 2.36. The van der Waals surface area contributed by atoms with E-state index >= 15 is 0 Å². The molecular weight excluding hydrogens is 254 g/mol. The third kappa shape index (κ3) is 2.30. The molecule has 0 spiro atoms. The first-order valence-electron chi connectivity index (χ1n) is 6.99. The number of carbonyl (C=O) groups excluding carboxylic acids is 1. The van der Waals surface area contributed by atoms with Gasteiger partial charge in [-0.1, -0.05) is 13.0 Å². The number of carbonyl (C=O) groups is 2. The van der Waals surface area contributed by atoms with E-state index in [1.807, 2.05) is 13.8 Å². The summed E-state index contributed by atoms with van der Waals surface area (Å²) in [5, 5.41) is 9.10. The number of aryl methyl sites for hydroxylation is 2. The third-order valence-electron chi connectivity index (χ3n) is 4.19. The summed E-state index contributed by atoms with van der Waals surface area (Å²) in [5.41, 5.74) is 5.52. The summed E-state index contributed by atoms with van der Waals surface area (Å²) in [6, 6.07) is 2.09. The minimum Gasteiger partial charge on any atom is -0.481 e. The first-order valence-corrected chi connectivity index (χ1v) is 6.99. The van der Waals surface area contributed by atoms with Gasteiger partial charge in [0.15, 0.2) is 0 Å². The van der Waals surface area contributed by atoms with Gasteiger partial charge in [0.25, 0.3) is 0 Å². The van der Waals surface area contributed by atoms with Crippen molar-refractivity contribution in [1.82, 2.24) is 0 Å². The number of hydrogen-bond acceptors (Lipinski definition) is 2. The van der Waals surface area contributed by atoms with Crippen molar-refractivity contribution < 1.29 is 14.7 Å². The Morgan fingerprint density at radius 3 is 2.50 bits per heavy atom. The second kappa shape index (κ2) is 5.27. The monoisotopic (exact) mass is 275 g/mol. The lowest BCUT2D eigenvalue weighted by Gasteiger charge is -2.24. The van der Waals surface area contributed by atoms with E-state index in [4.69, 9.17) is 5.11 Å². The molecule has 0 radical (unpaired) electrons. The van der Waals surface area contributed by atoms with Crippen LogP contribution in [0.5, 0.6) is 0 Å². The SMILES string of the molecule is CCc1c(C)cc(C)c(N2CC(C(=O)O)CC2=O)c1C. The highest BCUT2D eigenvalue weighted by atomic mass is 16.4. The van der Waals surface area contributed by atoms with Crippen LogP contribution in [-0.4, -0.2) is 23.5 Å². The summed E-state index contributed by atoms with van der Waals surface area (Å²) in [7, 11) is 0. The molecule has 1 fully saturated rings. The number of aliphatic carboxylic acids is 1. The molecule has 1 atom stereocenters. The van der Waals surface area contributed by atoms with Crippen LogP contribution in [0.4, 0.5) is 5.69 Å². The number of carboxylic acids is 1. The number of anilines is 1. The summed E-state index contributed by atoms with van der Waals surface area (Å²) < 4.78 is 0. The molecule has 4 heteroatoms. The zero-order chi connectivity index (χ0) is 15.0. The summed E-state index contributed by atoms with van der Waals surface area (Å²) >= 11 is 0. The standard InChI is InChI=1S/C16H21NO3/c1-5-13-9(2)6-10(3)15(11(13)4)17-8-12(16(19)20)7-14(17)18/h6,12H,5,7-8H2,1-4H3,(H,19,20). The van der Waals surface area contributed by atoms with Gasteiger partial charge in [0.2, 0.25) is 5.91 Å². The van der Waals surface area contributed by atoms with Crippen LogP contribution in [0.15, 0.2) is 6.07 Å². The van der Waals surface area contributed by atoms with E-state index in [2.05, 4.69) is 19.9 Å². The van der Waals surface area contributed by atoms with Crippen LogP contribution in [0.3, 0.4) is 0 Å². The molecule has 0 bridgehead atoms. The Bertz CT molecular complexity index is 578. The van der Waals surface area contributed by atoms with Crippen LogP contribution in [0.2, 0.25) is 0 Å². The Hall–Kier alpha value is -1.84. The van der Waals surface area contributed by atoms with Crippen molar-refractivity contribution in [3.05, 3.63) is 28.3 Å². The largest absolute Gasteiger partial charge is 0.481 e. The number of hydrogen-bond donors (Lipinski definition) is 1. The van der Waals surface area contributed by atoms with Crippen LogP contribution >= 0.6 is 0 Å². The summed E-state index contributed by atoms with van der Waals surface area (Å²) in [4.78, 5) is 24.9. The lowest BCUT2D eigenvalue weighted by atomic mass is 9.95. The fraction of sp³-hybridized carbons (Fsp3) is 0.500. The Labute approximate surface area is 119 Å². The van der Waals surface area contributed by atoms with Gasteiger partial charge in [-0.15, -0.1) is 0 Å². The highest BCUT2D eigenvalue weighted by Crippen LogP contribution is 2.34. The van der Waals surface area contributed by atoms with Gasteiger partial charge in [0.05, 0.1) is 5.92 Å². The maximum absolute atomic E-state index is 12.1. The Kier molecular flexibility index (Phi) is 3.84.